The molecular weight excluding hydrogens is 296 g/mol. The van der Waals surface area contributed by atoms with Crippen molar-refractivity contribution in [2.24, 2.45) is 4.99 Å². The molecule has 2 aliphatic heterocycles. The van der Waals surface area contributed by atoms with Gasteiger partial charge >= 0.3 is 39.0 Å². The zero-order valence-electron chi connectivity index (χ0n) is 8.20. The van der Waals surface area contributed by atoms with Gasteiger partial charge in [-0.2, -0.15) is 14.7 Å². The van der Waals surface area contributed by atoms with Crippen LogP contribution in [0.1, 0.15) is 0 Å². The Labute approximate surface area is 98.4 Å². The van der Waals surface area contributed by atoms with Gasteiger partial charge in [0.2, 0.25) is 0 Å². The highest BCUT2D eigenvalue weighted by Crippen LogP contribution is 2.60. The van der Waals surface area contributed by atoms with Crippen molar-refractivity contribution >= 4 is 32.9 Å². The third-order valence-electron chi connectivity index (χ3n) is 2.11. The number of ether oxygens (including phenoxy) is 2. The Morgan fingerprint density at radius 3 is 1.89 bits per heavy atom. The fourth-order valence-electron chi connectivity index (χ4n) is 1.29. The number of cyclic esters (lactones) is 2. The molecule has 0 unspecified atom stereocenters. The molecule has 2 heterocycles. The molecular formula is C5H6NO10P2+. The summed E-state index contributed by atoms with van der Waals surface area (Å²) < 4.78 is 19.0. The number of aliphatic imine (C=N–C) groups is 1. The van der Waals surface area contributed by atoms with Crippen LogP contribution in [0.5, 0.6) is 0 Å². The van der Waals surface area contributed by atoms with Crippen LogP contribution in [0.2, 0.25) is 0 Å². The first-order valence-electron chi connectivity index (χ1n) is 4.15. The summed E-state index contributed by atoms with van der Waals surface area (Å²) in [5.41, 5.74) is -3.47. The molecule has 0 amide bonds. The third-order valence-corrected chi connectivity index (χ3v) is 3.86. The van der Waals surface area contributed by atoms with E-state index in [1.807, 2.05) is 0 Å². The van der Waals surface area contributed by atoms with Crippen LogP contribution in [0.4, 0.5) is 0 Å². The molecule has 5 N–H and O–H groups in total. The summed E-state index contributed by atoms with van der Waals surface area (Å²) in [6.45, 7) is 0. The molecule has 1 fully saturated rings. The van der Waals surface area contributed by atoms with Gasteiger partial charge in [-0.1, -0.05) is 0 Å². The van der Waals surface area contributed by atoms with Crippen LogP contribution >= 0.6 is 15.5 Å². The van der Waals surface area contributed by atoms with Crippen LogP contribution in [0.3, 0.4) is 0 Å². The van der Waals surface area contributed by atoms with E-state index in [4.69, 9.17) is 24.5 Å². The van der Waals surface area contributed by atoms with E-state index in [0.29, 0.717) is 0 Å². The topological polar surface area (TPSA) is 183 Å². The molecule has 13 heteroatoms. The van der Waals surface area contributed by atoms with Crippen molar-refractivity contribution in [3.8, 4) is 0 Å². The van der Waals surface area contributed by atoms with Crippen LogP contribution < -0.4 is 0 Å². The number of carbonyl (C=O) groups excluding carboxylic acids is 2. The van der Waals surface area contributed by atoms with E-state index in [-0.39, 0.29) is 0 Å². The Hall–Kier alpha value is -0.930. The minimum Gasteiger partial charge on any atom is -0.411 e. The molecule has 0 aromatic rings. The van der Waals surface area contributed by atoms with E-state index in [0.717, 1.165) is 0 Å². The van der Waals surface area contributed by atoms with E-state index in [9.17, 15) is 14.2 Å². The standard InChI is InChI=1S/C5H5NO10P2/c7-2-5(1(6-5)17(9,10)11)3(8)16-4(15-2)18(12,13)14/h4,9-11H,(H-,12,13,14)/p+1. The summed E-state index contributed by atoms with van der Waals surface area (Å²) in [7, 11) is -9.71. The zero-order valence-corrected chi connectivity index (χ0v) is 9.99. The number of esters is 2. The third kappa shape index (κ3) is 1.86. The molecule has 1 saturated heterocycles. The maximum Gasteiger partial charge on any atom is 0.460 e. The van der Waals surface area contributed by atoms with Gasteiger partial charge in [0.25, 0.3) is 5.45 Å². The second-order valence-electron chi connectivity index (χ2n) is 3.42. The van der Waals surface area contributed by atoms with Gasteiger partial charge in [-0.05, 0) is 0 Å². The molecule has 100 valence electrons. The van der Waals surface area contributed by atoms with Crippen LogP contribution in [-0.4, -0.2) is 53.4 Å². The Kier molecular flexibility index (Phi) is 2.66. The minimum absolute atomic E-state index is 0.936. The summed E-state index contributed by atoms with van der Waals surface area (Å²) in [4.78, 5) is 69.8. The van der Waals surface area contributed by atoms with E-state index >= 15 is 0 Å². The summed E-state index contributed by atoms with van der Waals surface area (Å²) in [5, 5.41) is 0. The minimum atomic E-state index is -5.02. The summed E-state index contributed by atoms with van der Waals surface area (Å²) >= 11 is 0. The van der Waals surface area contributed by atoms with Crippen LogP contribution in [0, 0.1) is 0 Å². The number of nitrogens with zero attached hydrogens (tertiary/aromatic N) is 1. The quantitative estimate of drug-likeness (QED) is 0.206. The maximum atomic E-state index is 11.4. The highest BCUT2D eigenvalue weighted by molar-refractivity contribution is 7.78. The van der Waals surface area contributed by atoms with Crippen LogP contribution in [-0.2, 0) is 23.6 Å². The van der Waals surface area contributed by atoms with E-state index in [2.05, 4.69) is 14.5 Å². The van der Waals surface area contributed by atoms with E-state index in [1.165, 1.54) is 0 Å². The van der Waals surface area contributed by atoms with Gasteiger partial charge in [-0.15, -0.1) is 0 Å². The van der Waals surface area contributed by atoms with Crippen LogP contribution in [0.25, 0.3) is 0 Å². The van der Waals surface area contributed by atoms with Gasteiger partial charge in [0, 0.05) is 0 Å². The molecule has 2 aliphatic rings. The van der Waals surface area contributed by atoms with Crippen molar-refractivity contribution in [3.05, 3.63) is 0 Å². The first-order valence-corrected chi connectivity index (χ1v) is 7.48. The molecule has 1 spiro atoms. The SMILES string of the molecule is O=C1OC(P(=O)(O)O)OC(=O)C12N=C2[P+](O)(O)O. The van der Waals surface area contributed by atoms with Crippen molar-refractivity contribution in [1.29, 1.82) is 0 Å². The van der Waals surface area contributed by atoms with Gasteiger partial charge < -0.3 is 19.3 Å². The summed E-state index contributed by atoms with van der Waals surface area (Å²) in [6.07, 6.45) is 0. The molecule has 11 nitrogen and oxygen atoms in total. The molecule has 0 radical (unpaired) electrons. The normalized spacial score (nSPS) is 31.8. The van der Waals surface area contributed by atoms with Crippen molar-refractivity contribution in [1.82, 2.24) is 0 Å². The lowest BCUT2D eigenvalue weighted by Crippen LogP contribution is -2.50. The maximum absolute atomic E-state index is 11.4. The second-order valence-corrected chi connectivity index (χ2v) is 6.58. The predicted molar refractivity (Wildman–Crippen MR) is 51.8 cm³/mol. The van der Waals surface area contributed by atoms with Crippen molar-refractivity contribution in [3.63, 3.8) is 0 Å². The second kappa shape index (κ2) is 3.55. The molecule has 18 heavy (non-hydrogen) atoms. The Morgan fingerprint density at radius 1 is 1.17 bits per heavy atom. The molecule has 0 aromatic carbocycles. The highest BCUT2D eigenvalue weighted by Gasteiger charge is 2.79. The lowest BCUT2D eigenvalue weighted by molar-refractivity contribution is -0.195. The first-order chi connectivity index (χ1) is 7.99. The van der Waals surface area contributed by atoms with E-state index in [1.54, 1.807) is 0 Å². The average molecular weight is 302 g/mol. The fraction of sp³-hybridized carbons (Fsp3) is 0.400. The molecule has 2 rings (SSSR count). The van der Waals surface area contributed by atoms with Crippen molar-refractivity contribution in [2.45, 2.75) is 11.6 Å². The molecule has 0 aromatic heterocycles. The van der Waals surface area contributed by atoms with E-state index < -0.39 is 44.5 Å². The van der Waals surface area contributed by atoms with Gasteiger partial charge in [0.1, 0.15) is 0 Å². The molecule has 0 aliphatic carbocycles. The predicted octanol–water partition coefficient (Wildman–Crippen LogP) is -2.56. The van der Waals surface area contributed by atoms with Gasteiger partial charge in [0.15, 0.2) is 0 Å². The van der Waals surface area contributed by atoms with Crippen LogP contribution in [0.15, 0.2) is 4.99 Å². The van der Waals surface area contributed by atoms with Gasteiger partial charge in [-0.3, -0.25) is 4.57 Å². The molecule has 0 atom stereocenters. The number of carbonyl (C=O) groups is 2. The zero-order chi connectivity index (χ0) is 13.9. The first kappa shape index (κ1) is 13.5. The smallest absolute Gasteiger partial charge is 0.411 e. The Bertz CT molecular complexity index is 495. The Morgan fingerprint density at radius 2 is 1.61 bits per heavy atom. The molecule has 0 bridgehead atoms. The number of hydrogen-bond acceptors (Lipinski definition) is 9. The monoisotopic (exact) mass is 302 g/mol. The van der Waals surface area contributed by atoms with Crippen molar-refractivity contribution < 1.29 is 48.1 Å². The lowest BCUT2D eigenvalue weighted by Gasteiger charge is -2.26. The summed E-state index contributed by atoms with van der Waals surface area (Å²) in [5.74, 6) is -3.10. The summed E-state index contributed by atoms with van der Waals surface area (Å²) in [6, 6.07) is -2.41. The average Bonchev–Trinajstić information content (AvgIpc) is 2.88. The highest BCUT2D eigenvalue weighted by atomic mass is 31.2. The molecule has 0 saturated carbocycles. The van der Waals surface area contributed by atoms with Gasteiger partial charge in [-0.25, -0.2) is 14.6 Å². The Balaban J connectivity index is 2.24. The van der Waals surface area contributed by atoms with Crippen molar-refractivity contribution in [2.75, 3.05) is 0 Å². The lowest BCUT2D eigenvalue weighted by atomic mass is 10.1. The largest absolute Gasteiger partial charge is 0.460 e. The number of rotatable bonds is 2. The number of hydrogen-bond donors (Lipinski definition) is 5. The van der Waals surface area contributed by atoms with Gasteiger partial charge in [0.05, 0.1) is 0 Å². The fourth-order valence-corrected chi connectivity index (χ4v) is 2.65.